The van der Waals surface area contributed by atoms with E-state index in [9.17, 15) is 14.5 Å². The van der Waals surface area contributed by atoms with Gasteiger partial charge < -0.3 is 9.80 Å². The highest BCUT2D eigenvalue weighted by Gasteiger charge is 2.30. The van der Waals surface area contributed by atoms with Gasteiger partial charge in [0.2, 0.25) is 0 Å². The van der Waals surface area contributed by atoms with Crippen molar-refractivity contribution in [3.8, 4) is 6.07 Å². The summed E-state index contributed by atoms with van der Waals surface area (Å²) in [5.74, 6) is -0.134. The Morgan fingerprint density at radius 1 is 1.36 bits per heavy atom. The number of aromatic nitrogens is 2. The van der Waals surface area contributed by atoms with Gasteiger partial charge in [0.15, 0.2) is 11.5 Å². The number of anilines is 2. The second kappa shape index (κ2) is 6.68. The van der Waals surface area contributed by atoms with E-state index in [2.05, 4.69) is 9.97 Å². The fraction of sp³-hybridized carbons (Fsp3) is 0.312. The van der Waals surface area contributed by atoms with Crippen LogP contribution in [0.5, 0.6) is 0 Å². The SMILES string of the molecule is CC1CN(c2nccnc2C#N)CCN1c1ccc(F)cc1[N+](=O)[O-]. The van der Waals surface area contributed by atoms with Gasteiger partial charge in [-0.2, -0.15) is 5.26 Å². The molecule has 0 saturated carbocycles. The molecule has 0 radical (unpaired) electrons. The lowest BCUT2D eigenvalue weighted by Crippen LogP contribution is -2.52. The van der Waals surface area contributed by atoms with Crippen LogP contribution in [-0.2, 0) is 0 Å². The number of nitriles is 1. The summed E-state index contributed by atoms with van der Waals surface area (Å²) in [7, 11) is 0. The van der Waals surface area contributed by atoms with Crippen molar-refractivity contribution in [1.29, 1.82) is 5.26 Å². The van der Waals surface area contributed by atoms with Crippen molar-refractivity contribution in [2.24, 2.45) is 0 Å². The van der Waals surface area contributed by atoms with Gasteiger partial charge in [-0.3, -0.25) is 10.1 Å². The number of benzene rings is 1. The highest BCUT2D eigenvalue weighted by molar-refractivity contribution is 5.65. The third kappa shape index (κ3) is 3.19. The molecule has 0 N–H and O–H groups in total. The molecule has 0 bridgehead atoms. The van der Waals surface area contributed by atoms with Crippen molar-refractivity contribution in [2.45, 2.75) is 13.0 Å². The molecule has 1 unspecified atom stereocenters. The molecular weight excluding hydrogens is 327 g/mol. The Morgan fingerprint density at radius 2 is 2.12 bits per heavy atom. The Labute approximate surface area is 143 Å². The van der Waals surface area contributed by atoms with E-state index in [1.54, 1.807) is 0 Å². The van der Waals surface area contributed by atoms with Gasteiger partial charge in [-0.05, 0) is 19.1 Å². The van der Waals surface area contributed by atoms with Crippen molar-refractivity contribution in [2.75, 3.05) is 29.4 Å². The molecule has 9 heteroatoms. The Kier molecular flexibility index (Phi) is 4.43. The number of rotatable bonds is 3. The van der Waals surface area contributed by atoms with Crippen LogP contribution in [0.4, 0.5) is 21.6 Å². The van der Waals surface area contributed by atoms with Gasteiger partial charge in [0.05, 0.1) is 11.0 Å². The summed E-state index contributed by atoms with van der Waals surface area (Å²) in [4.78, 5) is 22.7. The zero-order valence-electron chi connectivity index (χ0n) is 13.5. The topological polar surface area (TPSA) is 99.2 Å². The lowest BCUT2D eigenvalue weighted by molar-refractivity contribution is -0.384. The zero-order valence-corrected chi connectivity index (χ0v) is 13.5. The summed E-state index contributed by atoms with van der Waals surface area (Å²) in [5, 5.41) is 20.4. The number of nitro benzene ring substituents is 1. The lowest BCUT2D eigenvalue weighted by Gasteiger charge is -2.41. The van der Waals surface area contributed by atoms with Crippen LogP contribution in [0.25, 0.3) is 0 Å². The third-order valence-corrected chi connectivity index (χ3v) is 4.16. The van der Waals surface area contributed by atoms with Crippen LogP contribution in [0.1, 0.15) is 12.6 Å². The fourth-order valence-electron chi connectivity index (χ4n) is 3.03. The molecule has 1 atom stereocenters. The molecule has 0 amide bonds. The van der Waals surface area contributed by atoms with Crippen molar-refractivity contribution in [3.05, 3.63) is 52.2 Å². The average molecular weight is 342 g/mol. The first-order valence-electron chi connectivity index (χ1n) is 7.68. The van der Waals surface area contributed by atoms with E-state index in [-0.39, 0.29) is 17.4 Å². The number of halogens is 1. The molecular formula is C16H15FN6O2. The Morgan fingerprint density at radius 3 is 2.80 bits per heavy atom. The number of piperazine rings is 1. The maximum atomic E-state index is 13.4. The van der Waals surface area contributed by atoms with Crippen LogP contribution in [0, 0.1) is 27.3 Å². The van der Waals surface area contributed by atoms with Crippen molar-refractivity contribution >= 4 is 17.2 Å². The molecule has 3 rings (SSSR count). The first kappa shape index (κ1) is 16.6. The lowest BCUT2D eigenvalue weighted by atomic mass is 10.1. The van der Waals surface area contributed by atoms with E-state index in [1.165, 1.54) is 24.5 Å². The number of nitrogens with zero attached hydrogens (tertiary/aromatic N) is 6. The van der Waals surface area contributed by atoms with Crippen molar-refractivity contribution < 1.29 is 9.31 Å². The minimum atomic E-state index is -0.639. The Bertz CT molecular complexity index is 853. The molecule has 1 fully saturated rings. The molecule has 0 aliphatic carbocycles. The largest absolute Gasteiger partial charge is 0.360 e. The molecule has 25 heavy (non-hydrogen) atoms. The van der Waals surface area contributed by atoms with E-state index in [0.29, 0.717) is 31.1 Å². The number of hydrogen-bond acceptors (Lipinski definition) is 7. The van der Waals surface area contributed by atoms with Gasteiger partial charge in [0, 0.05) is 38.1 Å². The molecule has 8 nitrogen and oxygen atoms in total. The van der Waals surface area contributed by atoms with E-state index in [1.807, 2.05) is 22.8 Å². The standard InChI is InChI=1S/C16H15FN6O2/c1-11-10-21(16-13(9-18)19-4-5-20-16)6-7-22(11)14-3-2-12(17)8-15(14)23(24)25/h2-5,8,11H,6-7,10H2,1H3. The first-order valence-corrected chi connectivity index (χ1v) is 7.68. The van der Waals surface area contributed by atoms with Crippen LogP contribution < -0.4 is 9.80 Å². The predicted molar refractivity (Wildman–Crippen MR) is 88.8 cm³/mol. The molecule has 2 heterocycles. The number of nitro groups is 1. The van der Waals surface area contributed by atoms with Gasteiger partial charge in [0.25, 0.3) is 5.69 Å². The summed E-state index contributed by atoms with van der Waals surface area (Å²) < 4.78 is 13.4. The second-order valence-electron chi connectivity index (χ2n) is 5.72. The van der Waals surface area contributed by atoms with Gasteiger partial charge in [0.1, 0.15) is 17.6 Å². The van der Waals surface area contributed by atoms with Crippen LogP contribution in [0.15, 0.2) is 30.6 Å². The molecule has 1 aliphatic rings. The zero-order chi connectivity index (χ0) is 18.0. The quantitative estimate of drug-likeness (QED) is 0.622. The molecule has 128 valence electrons. The predicted octanol–water partition coefficient (Wildman–Crippen LogP) is 2.11. The third-order valence-electron chi connectivity index (χ3n) is 4.16. The second-order valence-corrected chi connectivity index (χ2v) is 5.72. The monoisotopic (exact) mass is 342 g/mol. The van der Waals surface area contributed by atoms with Crippen molar-refractivity contribution in [3.63, 3.8) is 0 Å². The van der Waals surface area contributed by atoms with Crippen LogP contribution >= 0.6 is 0 Å². The molecule has 1 saturated heterocycles. The van der Waals surface area contributed by atoms with Crippen molar-refractivity contribution in [1.82, 2.24) is 9.97 Å². The summed E-state index contributed by atoms with van der Waals surface area (Å²) >= 11 is 0. The fourth-order valence-corrected chi connectivity index (χ4v) is 3.03. The van der Waals surface area contributed by atoms with Gasteiger partial charge in [-0.15, -0.1) is 0 Å². The molecule has 1 aromatic carbocycles. The maximum absolute atomic E-state index is 13.4. The van der Waals surface area contributed by atoms with Gasteiger partial charge >= 0.3 is 0 Å². The number of hydrogen-bond donors (Lipinski definition) is 0. The normalized spacial score (nSPS) is 17.2. The van der Waals surface area contributed by atoms with Crippen LogP contribution in [0.3, 0.4) is 0 Å². The first-order chi connectivity index (χ1) is 12.0. The molecule has 1 aromatic heterocycles. The van der Waals surface area contributed by atoms with Gasteiger partial charge in [-0.1, -0.05) is 0 Å². The van der Waals surface area contributed by atoms with Gasteiger partial charge in [-0.25, -0.2) is 14.4 Å². The Hall–Kier alpha value is -3.28. The molecule has 1 aliphatic heterocycles. The van der Waals surface area contributed by atoms with E-state index >= 15 is 0 Å². The summed E-state index contributed by atoms with van der Waals surface area (Å²) in [6, 6.07) is 5.52. The minimum Gasteiger partial charge on any atom is -0.360 e. The highest BCUT2D eigenvalue weighted by atomic mass is 19.1. The van der Waals surface area contributed by atoms with E-state index in [0.717, 1.165) is 6.07 Å². The van der Waals surface area contributed by atoms with Crippen LogP contribution in [0.2, 0.25) is 0 Å². The summed E-state index contributed by atoms with van der Waals surface area (Å²) in [6.45, 7) is 3.44. The maximum Gasteiger partial charge on any atom is 0.295 e. The highest BCUT2D eigenvalue weighted by Crippen LogP contribution is 2.32. The smallest absolute Gasteiger partial charge is 0.295 e. The van der Waals surface area contributed by atoms with E-state index in [4.69, 9.17) is 5.26 Å². The Balaban J connectivity index is 1.86. The summed E-state index contributed by atoms with van der Waals surface area (Å²) in [6.07, 6.45) is 2.99. The summed E-state index contributed by atoms with van der Waals surface area (Å²) in [5.41, 5.74) is 0.381. The minimum absolute atomic E-state index is 0.0912. The molecule has 2 aromatic rings. The van der Waals surface area contributed by atoms with Crippen LogP contribution in [-0.4, -0.2) is 40.6 Å². The average Bonchev–Trinajstić information content (AvgIpc) is 2.61. The molecule has 0 spiro atoms. The van der Waals surface area contributed by atoms with E-state index < -0.39 is 10.7 Å².